The molecule has 6 aromatic carbocycles. The van der Waals surface area contributed by atoms with Crippen LogP contribution in [0.2, 0.25) is 0 Å². The molecule has 1 atom stereocenters. The third kappa shape index (κ3) is 2.82. The molecule has 6 aromatic rings. The van der Waals surface area contributed by atoms with Crippen LogP contribution in [0.15, 0.2) is 140 Å². The molecule has 0 nitrogen and oxygen atoms in total. The van der Waals surface area contributed by atoms with Crippen molar-refractivity contribution in [1.82, 2.24) is 0 Å². The standard InChI is InChI=1S/C42H30/c1-27-17-19-32-34-26-40-35(25-38(34)41(37(32)23-27)22-21-29-11-9-10-16-36(29)41)33-20-18-28(2)24-39(33)42(40,30-12-5-3-6-13-30)31-14-7-4-8-15-31/h3-26H,1-2H3. The highest BCUT2D eigenvalue weighted by atomic mass is 14.5. The molecule has 0 fully saturated rings. The minimum atomic E-state index is -0.404. The van der Waals surface area contributed by atoms with Crippen molar-refractivity contribution in [1.29, 1.82) is 0 Å². The molecule has 0 saturated heterocycles. The first kappa shape index (κ1) is 23.7. The Morgan fingerprint density at radius 2 is 0.905 bits per heavy atom. The fourth-order valence-corrected chi connectivity index (χ4v) is 8.34. The van der Waals surface area contributed by atoms with Crippen LogP contribution in [-0.4, -0.2) is 0 Å². The molecule has 9 rings (SSSR count). The van der Waals surface area contributed by atoms with Crippen molar-refractivity contribution in [2.75, 3.05) is 0 Å². The van der Waals surface area contributed by atoms with Gasteiger partial charge in [-0.05, 0) is 92.7 Å². The molecule has 0 saturated carbocycles. The lowest BCUT2D eigenvalue weighted by molar-refractivity contribution is 0.766. The molecule has 3 aliphatic rings. The van der Waals surface area contributed by atoms with Gasteiger partial charge in [0.05, 0.1) is 10.8 Å². The van der Waals surface area contributed by atoms with Crippen LogP contribution in [0, 0.1) is 13.8 Å². The molecule has 0 aromatic heterocycles. The van der Waals surface area contributed by atoms with Gasteiger partial charge in [-0.2, -0.15) is 0 Å². The Labute approximate surface area is 247 Å². The number of rotatable bonds is 2. The highest BCUT2D eigenvalue weighted by Gasteiger charge is 2.51. The lowest BCUT2D eigenvalue weighted by Gasteiger charge is -2.34. The van der Waals surface area contributed by atoms with Gasteiger partial charge in [0.25, 0.3) is 0 Å². The Morgan fingerprint density at radius 3 is 1.60 bits per heavy atom. The van der Waals surface area contributed by atoms with E-state index in [0.29, 0.717) is 0 Å². The van der Waals surface area contributed by atoms with Crippen LogP contribution in [-0.2, 0) is 10.8 Å². The predicted molar refractivity (Wildman–Crippen MR) is 174 cm³/mol. The van der Waals surface area contributed by atoms with Crippen LogP contribution in [0.4, 0.5) is 0 Å². The van der Waals surface area contributed by atoms with Crippen LogP contribution < -0.4 is 0 Å². The topological polar surface area (TPSA) is 0 Å². The van der Waals surface area contributed by atoms with E-state index in [0.717, 1.165) is 0 Å². The van der Waals surface area contributed by atoms with Gasteiger partial charge in [-0.3, -0.25) is 0 Å². The van der Waals surface area contributed by atoms with Gasteiger partial charge in [-0.15, -0.1) is 0 Å². The summed E-state index contributed by atoms with van der Waals surface area (Å²) in [6.45, 7) is 4.44. The van der Waals surface area contributed by atoms with Gasteiger partial charge in [0.2, 0.25) is 0 Å². The molecule has 0 amide bonds. The van der Waals surface area contributed by atoms with Crippen LogP contribution in [0.3, 0.4) is 0 Å². The van der Waals surface area contributed by atoms with E-state index in [-0.39, 0.29) is 5.41 Å². The van der Waals surface area contributed by atoms with Crippen LogP contribution in [0.25, 0.3) is 28.3 Å². The molecular formula is C42H30. The first-order valence-electron chi connectivity index (χ1n) is 14.9. The van der Waals surface area contributed by atoms with Crippen LogP contribution in [0.5, 0.6) is 0 Å². The van der Waals surface area contributed by atoms with E-state index in [1.165, 1.54) is 77.9 Å². The molecule has 0 aliphatic heterocycles. The number of aryl methyl sites for hydroxylation is 2. The van der Waals surface area contributed by atoms with E-state index in [4.69, 9.17) is 0 Å². The number of hydrogen-bond acceptors (Lipinski definition) is 0. The van der Waals surface area contributed by atoms with Gasteiger partial charge in [0, 0.05) is 0 Å². The summed E-state index contributed by atoms with van der Waals surface area (Å²) >= 11 is 0. The third-order valence-corrected chi connectivity index (χ3v) is 10.1. The second-order valence-corrected chi connectivity index (χ2v) is 12.3. The summed E-state index contributed by atoms with van der Waals surface area (Å²) in [7, 11) is 0. The summed E-state index contributed by atoms with van der Waals surface area (Å²) in [6, 6.07) is 50.5. The highest BCUT2D eigenvalue weighted by molar-refractivity contribution is 5.95. The number of hydrogen-bond donors (Lipinski definition) is 0. The molecule has 0 bridgehead atoms. The average Bonchev–Trinajstić information content (AvgIpc) is 3.64. The van der Waals surface area contributed by atoms with Crippen molar-refractivity contribution in [3.05, 3.63) is 195 Å². The summed E-state index contributed by atoms with van der Waals surface area (Å²) < 4.78 is 0. The normalized spacial score (nSPS) is 18.0. The molecule has 0 heterocycles. The SMILES string of the molecule is Cc1ccc2c(c1)C1(C=Cc3ccccc31)c1cc3c(cc1-2)C(c1ccccc1)(c1ccccc1)c1cc(C)ccc1-3. The van der Waals surface area contributed by atoms with E-state index in [2.05, 4.69) is 159 Å². The lowest BCUT2D eigenvalue weighted by Crippen LogP contribution is -2.29. The Balaban J connectivity index is 1.45. The fourth-order valence-electron chi connectivity index (χ4n) is 8.34. The van der Waals surface area contributed by atoms with Crippen molar-refractivity contribution in [3.8, 4) is 22.3 Å². The monoisotopic (exact) mass is 534 g/mol. The second-order valence-electron chi connectivity index (χ2n) is 12.3. The highest BCUT2D eigenvalue weighted by Crippen LogP contribution is 2.62. The lowest BCUT2D eigenvalue weighted by atomic mass is 9.67. The maximum Gasteiger partial charge on any atom is 0.0713 e. The van der Waals surface area contributed by atoms with Crippen molar-refractivity contribution in [2.45, 2.75) is 24.7 Å². The number of benzene rings is 6. The third-order valence-electron chi connectivity index (χ3n) is 10.1. The molecule has 3 aliphatic carbocycles. The van der Waals surface area contributed by atoms with E-state index in [9.17, 15) is 0 Å². The van der Waals surface area contributed by atoms with Crippen molar-refractivity contribution in [3.63, 3.8) is 0 Å². The number of allylic oxidation sites excluding steroid dienone is 1. The van der Waals surface area contributed by atoms with Crippen LogP contribution >= 0.6 is 0 Å². The predicted octanol–water partition coefficient (Wildman–Crippen LogP) is 10.0. The molecular weight excluding hydrogens is 504 g/mol. The van der Waals surface area contributed by atoms with Crippen molar-refractivity contribution in [2.24, 2.45) is 0 Å². The minimum Gasteiger partial charge on any atom is -0.0645 e. The molecule has 0 heteroatoms. The van der Waals surface area contributed by atoms with Gasteiger partial charge < -0.3 is 0 Å². The van der Waals surface area contributed by atoms with Crippen molar-refractivity contribution < 1.29 is 0 Å². The van der Waals surface area contributed by atoms with E-state index in [1.807, 2.05) is 0 Å². The summed E-state index contributed by atoms with van der Waals surface area (Å²) in [5.74, 6) is 0. The summed E-state index contributed by atoms with van der Waals surface area (Å²) in [6.07, 6.45) is 4.79. The maximum absolute atomic E-state index is 2.55. The van der Waals surface area contributed by atoms with Gasteiger partial charge >= 0.3 is 0 Å². The first-order valence-corrected chi connectivity index (χ1v) is 14.9. The van der Waals surface area contributed by atoms with E-state index < -0.39 is 5.41 Å². The van der Waals surface area contributed by atoms with Crippen molar-refractivity contribution >= 4 is 6.08 Å². The summed E-state index contributed by atoms with van der Waals surface area (Å²) in [4.78, 5) is 0. The van der Waals surface area contributed by atoms with E-state index >= 15 is 0 Å². The average molecular weight is 535 g/mol. The molecule has 42 heavy (non-hydrogen) atoms. The zero-order valence-electron chi connectivity index (χ0n) is 23.9. The molecule has 0 N–H and O–H groups in total. The van der Waals surface area contributed by atoms with Crippen LogP contribution in [0.1, 0.15) is 55.6 Å². The van der Waals surface area contributed by atoms with Gasteiger partial charge in [-0.1, -0.05) is 145 Å². The van der Waals surface area contributed by atoms with Gasteiger partial charge in [0.15, 0.2) is 0 Å². The maximum atomic E-state index is 2.55. The fraction of sp³-hybridized carbons (Fsp3) is 0.0952. The smallest absolute Gasteiger partial charge is 0.0645 e. The molecule has 198 valence electrons. The largest absolute Gasteiger partial charge is 0.0713 e. The summed E-state index contributed by atoms with van der Waals surface area (Å²) in [5.41, 5.74) is 18.2. The Kier molecular flexibility index (Phi) is 4.69. The molecule has 1 spiro atoms. The first-order chi connectivity index (χ1) is 20.6. The zero-order chi connectivity index (χ0) is 28.1. The Morgan fingerprint density at radius 1 is 0.405 bits per heavy atom. The number of fused-ring (bicyclic) bond motifs is 10. The quantitative estimate of drug-likeness (QED) is 0.207. The Hall–Kier alpha value is -4.94. The minimum absolute atomic E-state index is 0.280. The Bertz CT molecular complexity index is 2060. The van der Waals surface area contributed by atoms with E-state index in [1.54, 1.807) is 0 Å². The molecule has 1 unspecified atom stereocenters. The van der Waals surface area contributed by atoms with Gasteiger partial charge in [-0.25, -0.2) is 0 Å². The van der Waals surface area contributed by atoms with Gasteiger partial charge in [0.1, 0.15) is 0 Å². The summed E-state index contributed by atoms with van der Waals surface area (Å²) in [5, 5.41) is 0. The zero-order valence-corrected chi connectivity index (χ0v) is 23.9. The second kappa shape index (κ2) is 8.30. The molecule has 0 radical (unpaired) electrons.